The summed E-state index contributed by atoms with van der Waals surface area (Å²) in [6.07, 6.45) is 0.928. The fraction of sp³-hybridized carbons (Fsp3) is 0.400. The zero-order chi connectivity index (χ0) is 8.97. The van der Waals surface area contributed by atoms with Gasteiger partial charge < -0.3 is 11.1 Å². The lowest BCUT2D eigenvalue weighted by Gasteiger charge is -2.10. The van der Waals surface area contributed by atoms with Gasteiger partial charge in [0.25, 0.3) is 0 Å². The topological polar surface area (TPSA) is 38.0 Å². The lowest BCUT2D eigenvalue weighted by molar-refractivity contribution is 0.739. The van der Waals surface area contributed by atoms with Gasteiger partial charge in [-0.2, -0.15) is 0 Å². The highest BCUT2D eigenvalue weighted by atomic mass is 14.8. The monoisotopic (exact) mass is 164 g/mol. The smallest absolute Gasteiger partial charge is 0.0370 e. The van der Waals surface area contributed by atoms with Gasteiger partial charge in [-0.25, -0.2) is 0 Å². The maximum atomic E-state index is 5.72. The Balaban J connectivity index is 2.82. The minimum atomic E-state index is 0.222. The zero-order valence-corrected chi connectivity index (χ0v) is 7.67. The third-order valence-electron chi connectivity index (χ3n) is 1.83. The summed E-state index contributed by atoms with van der Waals surface area (Å²) in [6.45, 7) is 2.02. The summed E-state index contributed by atoms with van der Waals surface area (Å²) < 4.78 is 0. The zero-order valence-electron chi connectivity index (χ0n) is 7.67. The number of anilines is 1. The molecule has 1 aromatic rings. The SMILES string of the molecule is CNc1ccccc1CC(C)N. The summed E-state index contributed by atoms with van der Waals surface area (Å²) in [5, 5.41) is 3.15. The Morgan fingerprint density at radius 1 is 1.42 bits per heavy atom. The summed E-state index contributed by atoms with van der Waals surface area (Å²) in [5.41, 5.74) is 8.18. The van der Waals surface area contributed by atoms with Crippen LogP contribution in [0.3, 0.4) is 0 Å². The Morgan fingerprint density at radius 2 is 2.08 bits per heavy atom. The molecule has 0 amide bonds. The second-order valence-electron chi connectivity index (χ2n) is 3.09. The fourth-order valence-electron chi connectivity index (χ4n) is 1.29. The molecule has 1 unspecified atom stereocenters. The largest absolute Gasteiger partial charge is 0.388 e. The van der Waals surface area contributed by atoms with Gasteiger partial charge in [-0.15, -0.1) is 0 Å². The first-order valence-electron chi connectivity index (χ1n) is 4.25. The van der Waals surface area contributed by atoms with E-state index >= 15 is 0 Å². The summed E-state index contributed by atoms with van der Waals surface area (Å²) in [5.74, 6) is 0. The lowest BCUT2D eigenvalue weighted by Crippen LogP contribution is -2.18. The molecule has 0 fully saturated rings. The van der Waals surface area contributed by atoms with Crippen LogP contribution in [0.5, 0.6) is 0 Å². The second-order valence-corrected chi connectivity index (χ2v) is 3.09. The molecule has 3 N–H and O–H groups in total. The molecule has 0 saturated heterocycles. The Bertz CT molecular complexity index is 243. The Morgan fingerprint density at radius 3 is 2.67 bits per heavy atom. The second kappa shape index (κ2) is 4.12. The van der Waals surface area contributed by atoms with E-state index in [-0.39, 0.29) is 6.04 Å². The van der Waals surface area contributed by atoms with Crippen LogP contribution in [0.4, 0.5) is 5.69 Å². The van der Waals surface area contributed by atoms with E-state index in [2.05, 4.69) is 17.4 Å². The molecule has 66 valence electrons. The molecular weight excluding hydrogens is 148 g/mol. The van der Waals surface area contributed by atoms with Crippen molar-refractivity contribution in [1.82, 2.24) is 0 Å². The highest BCUT2D eigenvalue weighted by Gasteiger charge is 2.01. The van der Waals surface area contributed by atoms with E-state index in [1.165, 1.54) is 11.3 Å². The van der Waals surface area contributed by atoms with Crippen LogP contribution in [-0.4, -0.2) is 13.1 Å². The molecule has 1 atom stereocenters. The van der Waals surface area contributed by atoms with E-state index in [0.717, 1.165) is 6.42 Å². The number of rotatable bonds is 3. The van der Waals surface area contributed by atoms with Crippen molar-refractivity contribution in [3.63, 3.8) is 0 Å². The van der Waals surface area contributed by atoms with Gasteiger partial charge in [-0.3, -0.25) is 0 Å². The normalized spacial score (nSPS) is 12.6. The van der Waals surface area contributed by atoms with Crippen molar-refractivity contribution in [2.24, 2.45) is 5.73 Å². The van der Waals surface area contributed by atoms with Crippen molar-refractivity contribution in [2.75, 3.05) is 12.4 Å². The summed E-state index contributed by atoms with van der Waals surface area (Å²) in [4.78, 5) is 0. The van der Waals surface area contributed by atoms with Crippen LogP contribution in [0.1, 0.15) is 12.5 Å². The van der Waals surface area contributed by atoms with Crippen molar-refractivity contribution < 1.29 is 0 Å². The third-order valence-corrected chi connectivity index (χ3v) is 1.83. The maximum Gasteiger partial charge on any atom is 0.0370 e. The molecule has 0 heterocycles. The minimum absolute atomic E-state index is 0.222. The number of nitrogens with one attached hydrogen (secondary N) is 1. The summed E-state index contributed by atoms with van der Waals surface area (Å²) >= 11 is 0. The molecular formula is C10H16N2. The summed E-state index contributed by atoms with van der Waals surface area (Å²) in [7, 11) is 1.93. The van der Waals surface area contributed by atoms with E-state index in [0.29, 0.717) is 0 Å². The predicted octanol–water partition coefficient (Wildman–Crippen LogP) is 1.62. The first kappa shape index (κ1) is 9.07. The number of benzene rings is 1. The number of hydrogen-bond acceptors (Lipinski definition) is 2. The van der Waals surface area contributed by atoms with Crippen LogP contribution >= 0.6 is 0 Å². The Labute approximate surface area is 73.8 Å². The van der Waals surface area contributed by atoms with E-state index in [1.807, 2.05) is 26.1 Å². The van der Waals surface area contributed by atoms with Gasteiger partial charge in [0.2, 0.25) is 0 Å². The average molecular weight is 164 g/mol. The number of hydrogen-bond donors (Lipinski definition) is 2. The molecule has 0 aliphatic rings. The van der Waals surface area contributed by atoms with Gasteiger partial charge in [0.1, 0.15) is 0 Å². The summed E-state index contributed by atoms with van der Waals surface area (Å²) in [6, 6.07) is 8.46. The average Bonchev–Trinajstić information content (AvgIpc) is 2.04. The van der Waals surface area contributed by atoms with Crippen molar-refractivity contribution in [1.29, 1.82) is 0 Å². The standard InChI is InChI=1S/C10H16N2/c1-8(11)7-9-5-3-4-6-10(9)12-2/h3-6,8,12H,7,11H2,1-2H3. The van der Waals surface area contributed by atoms with Crippen LogP contribution < -0.4 is 11.1 Å². The highest BCUT2D eigenvalue weighted by Crippen LogP contribution is 2.15. The molecule has 0 radical (unpaired) electrons. The molecule has 1 rings (SSSR count). The highest BCUT2D eigenvalue weighted by molar-refractivity contribution is 5.50. The maximum absolute atomic E-state index is 5.72. The first-order chi connectivity index (χ1) is 5.74. The molecule has 2 nitrogen and oxygen atoms in total. The van der Waals surface area contributed by atoms with Crippen LogP contribution in [0.25, 0.3) is 0 Å². The molecule has 1 aromatic carbocycles. The van der Waals surface area contributed by atoms with Gasteiger partial charge in [0, 0.05) is 18.8 Å². The van der Waals surface area contributed by atoms with Crippen molar-refractivity contribution >= 4 is 5.69 Å². The fourth-order valence-corrected chi connectivity index (χ4v) is 1.29. The minimum Gasteiger partial charge on any atom is -0.388 e. The van der Waals surface area contributed by atoms with Crippen molar-refractivity contribution in [3.05, 3.63) is 29.8 Å². The van der Waals surface area contributed by atoms with E-state index in [1.54, 1.807) is 0 Å². The lowest BCUT2D eigenvalue weighted by atomic mass is 10.1. The van der Waals surface area contributed by atoms with Crippen LogP contribution in [0.15, 0.2) is 24.3 Å². The van der Waals surface area contributed by atoms with Crippen molar-refractivity contribution in [3.8, 4) is 0 Å². The van der Waals surface area contributed by atoms with E-state index in [4.69, 9.17) is 5.73 Å². The van der Waals surface area contributed by atoms with Gasteiger partial charge >= 0.3 is 0 Å². The van der Waals surface area contributed by atoms with Crippen molar-refractivity contribution in [2.45, 2.75) is 19.4 Å². The van der Waals surface area contributed by atoms with E-state index in [9.17, 15) is 0 Å². The molecule has 0 saturated carbocycles. The van der Waals surface area contributed by atoms with Gasteiger partial charge in [0.15, 0.2) is 0 Å². The Hall–Kier alpha value is -1.02. The molecule has 0 bridgehead atoms. The van der Waals surface area contributed by atoms with Crippen LogP contribution in [-0.2, 0) is 6.42 Å². The molecule has 0 spiro atoms. The Kier molecular flexibility index (Phi) is 3.11. The van der Waals surface area contributed by atoms with Gasteiger partial charge in [-0.1, -0.05) is 18.2 Å². The molecule has 0 aromatic heterocycles. The molecule has 2 heteroatoms. The number of nitrogens with two attached hydrogens (primary N) is 1. The third kappa shape index (κ3) is 2.24. The van der Waals surface area contributed by atoms with Crippen LogP contribution in [0, 0.1) is 0 Å². The number of para-hydroxylation sites is 1. The molecule has 0 aliphatic heterocycles. The molecule has 12 heavy (non-hydrogen) atoms. The van der Waals surface area contributed by atoms with Crippen LogP contribution in [0.2, 0.25) is 0 Å². The van der Waals surface area contributed by atoms with Gasteiger partial charge in [-0.05, 0) is 25.0 Å². The van der Waals surface area contributed by atoms with Gasteiger partial charge in [0.05, 0.1) is 0 Å². The van der Waals surface area contributed by atoms with E-state index < -0.39 is 0 Å². The predicted molar refractivity (Wildman–Crippen MR) is 53.3 cm³/mol. The quantitative estimate of drug-likeness (QED) is 0.712. The molecule has 0 aliphatic carbocycles. The first-order valence-corrected chi connectivity index (χ1v) is 4.25.